The maximum atomic E-state index is 13.2. The number of rotatable bonds is 2. The quantitative estimate of drug-likeness (QED) is 0.822. The molecule has 4 heteroatoms. The molecule has 0 saturated heterocycles. The number of hydrogen-bond acceptors (Lipinski definition) is 3. The molecule has 0 fully saturated rings. The molecule has 0 atom stereocenters. The molecule has 18 heavy (non-hydrogen) atoms. The predicted molar refractivity (Wildman–Crippen MR) is 70.0 cm³/mol. The van der Waals surface area contributed by atoms with Gasteiger partial charge in [0.2, 0.25) is 0 Å². The second-order valence-electron chi connectivity index (χ2n) is 3.92. The van der Waals surface area contributed by atoms with Crippen LogP contribution >= 0.6 is 0 Å². The lowest BCUT2D eigenvalue weighted by molar-refractivity contribution is 0.628. The summed E-state index contributed by atoms with van der Waals surface area (Å²) in [7, 11) is 1.81. The summed E-state index contributed by atoms with van der Waals surface area (Å²) in [6.45, 7) is 0. The Balaban J connectivity index is 2.40. The molecule has 2 aromatic rings. The number of nitrogen functional groups attached to an aromatic ring is 1. The SMILES string of the molecule is CN(c1cccc(F)c1)c1ccc(N)c(C#N)c1. The summed E-state index contributed by atoms with van der Waals surface area (Å²) < 4.78 is 13.2. The molecule has 2 aromatic carbocycles. The van der Waals surface area contributed by atoms with Crippen LogP contribution in [-0.4, -0.2) is 7.05 Å². The van der Waals surface area contributed by atoms with Crippen molar-refractivity contribution in [2.45, 2.75) is 0 Å². The van der Waals surface area contributed by atoms with E-state index in [4.69, 9.17) is 11.0 Å². The third-order valence-electron chi connectivity index (χ3n) is 2.74. The predicted octanol–water partition coefficient (Wildman–Crippen LogP) is 3.05. The van der Waals surface area contributed by atoms with E-state index >= 15 is 0 Å². The van der Waals surface area contributed by atoms with Gasteiger partial charge in [0.25, 0.3) is 0 Å². The van der Waals surface area contributed by atoms with Crippen LogP contribution < -0.4 is 10.6 Å². The second-order valence-corrected chi connectivity index (χ2v) is 3.92. The van der Waals surface area contributed by atoms with E-state index in [0.29, 0.717) is 16.9 Å². The molecule has 3 nitrogen and oxygen atoms in total. The fraction of sp³-hybridized carbons (Fsp3) is 0.0714. The summed E-state index contributed by atoms with van der Waals surface area (Å²) in [5, 5.41) is 8.93. The van der Waals surface area contributed by atoms with Crippen LogP contribution in [0.2, 0.25) is 0 Å². The highest BCUT2D eigenvalue weighted by Gasteiger charge is 2.07. The lowest BCUT2D eigenvalue weighted by Crippen LogP contribution is -2.10. The Morgan fingerprint density at radius 2 is 1.89 bits per heavy atom. The molecule has 0 aliphatic rings. The van der Waals surface area contributed by atoms with Crippen LogP contribution in [-0.2, 0) is 0 Å². The average molecular weight is 241 g/mol. The normalized spacial score (nSPS) is 9.83. The zero-order valence-corrected chi connectivity index (χ0v) is 9.89. The van der Waals surface area contributed by atoms with Crippen molar-refractivity contribution in [3.63, 3.8) is 0 Å². The van der Waals surface area contributed by atoms with Gasteiger partial charge in [0, 0.05) is 24.1 Å². The molecule has 90 valence electrons. The van der Waals surface area contributed by atoms with Crippen molar-refractivity contribution in [3.8, 4) is 6.07 Å². The van der Waals surface area contributed by atoms with Gasteiger partial charge < -0.3 is 10.6 Å². The van der Waals surface area contributed by atoms with Gasteiger partial charge in [0.15, 0.2) is 0 Å². The molecule has 2 rings (SSSR count). The van der Waals surface area contributed by atoms with Crippen molar-refractivity contribution in [3.05, 3.63) is 53.8 Å². The molecule has 0 heterocycles. The van der Waals surface area contributed by atoms with Gasteiger partial charge in [-0.25, -0.2) is 4.39 Å². The summed E-state index contributed by atoms with van der Waals surface area (Å²) in [6.07, 6.45) is 0. The van der Waals surface area contributed by atoms with Crippen LogP contribution in [0.15, 0.2) is 42.5 Å². The molecular weight excluding hydrogens is 229 g/mol. The molecule has 0 aromatic heterocycles. The monoisotopic (exact) mass is 241 g/mol. The molecule has 2 N–H and O–H groups in total. The Kier molecular flexibility index (Phi) is 3.16. The zero-order chi connectivity index (χ0) is 13.1. The average Bonchev–Trinajstić information content (AvgIpc) is 2.38. The summed E-state index contributed by atoms with van der Waals surface area (Å²) in [6, 6.07) is 13.4. The van der Waals surface area contributed by atoms with Crippen molar-refractivity contribution in [1.29, 1.82) is 5.26 Å². The molecule has 0 saturated carbocycles. The fourth-order valence-electron chi connectivity index (χ4n) is 1.68. The number of nitrogens with zero attached hydrogens (tertiary/aromatic N) is 2. The summed E-state index contributed by atoms with van der Waals surface area (Å²) in [5.41, 5.74) is 8.01. The van der Waals surface area contributed by atoms with Crippen LogP contribution in [0.4, 0.5) is 21.5 Å². The standard InChI is InChI=1S/C14H12FN3/c1-18(12-4-2-3-11(15)8-12)13-5-6-14(17)10(7-13)9-16/h2-8H,17H2,1H3. The highest BCUT2D eigenvalue weighted by Crippen LogP contribution is 2.26. The van der Waals surface area contributed by atoms with E-state index in [-0.39, 0.29) is 5.82 Å². The van der Waals surface area contributed by atoms with Gasteiger partial charge in [0.1, 0.15) is 11.9 Å². The minimum absolute atomic E-state index is 0.296. The van der Waals surface area contributed by atoms with Crippen LogP contribution in [0.5, 0.6) is 0 Å². The number of nitrogens with two attached hydrogens (primary N) is 1. The Labute approximate surface area is 105 Å². The lowest BCUT2D eigenvalue weighted by Gasteiger charge is -2.20. The smallest absolute Gasteiger partial charge is 0.125 e. The Hall–Kier alpha value is -2.54. The fourth-order valence-corrected chi connectivity index (χ4v) is 1.68. The molecule has 0 bridgehead atoms. The van der Waals surface area contributed by atoms with Crippen molar-refractivity contribution in [1.82, 2.24) is 0 Å². The molecule has 0 spiro atoms. The Morgan fingerprint density at radius 3 is 2.56 bits per heavy atom. The van der Waals surface area contributed by atoms with Crippen LogP contribution in [0, 0.1) is 17.1 Å². The molecule has 0 radical (unpaired) electrons. The molecular formula is C14H12FN3. The van der Waals surface area contributed by atoms with Gasteiger partial charge in [-0.3, -0.25) is 0 Å². The highest BCUT2D eigenvalue weighted by molar-refractivity contribution is 5.68. The van der Waals surface area contributed by atoms with E-state index in [0.717, 1.165) is 5.69 Å². The minimum Gasteiger partial charge on any atom is -0.398 e. The third-order valence-corrected chi connectivity index (χ3v) is 2.74. The minimum atomic E-state index is -0.296. The number of hydrogen-bond donors (Lipinski definition) is 1. The van der Waals surface area contributed by atoms with Crippen molar-refractivity contribution in [2.24, 2.45) is 0 Å². The number of nitriles is 1. The first kappa shape index (κ1) is 11.9. The number of halogens is 1. The molecule has 0 amide bonds. The van der Waals surface area contributed by atoms with Crippen molar-refractivity contribution >= 4 is 17.1 Å². The molecule has 0 unspecified atom stereocenters. The lowest BCUT2D eigenvalue weighted by atomic mass is 10.1. The van der Waals surface area contributed by atoms with Gasteiger partial charge in [-0.2, -0.15) is 5.26 Å². The second kappa shape index (κ2) is 4.76. The zero-order valence-electron chi connectivity index (χ0n) is 9.89. The largest absolute Gasteiger partial charge is 0.398 e. The summed E-state index contributed by atoms with van der Waals surface area (Å²) in [4.78, 5) is 1.80. The number of anilines is 3. The van der Waals surface area contributed by atoms with Gasteiger partial charge in [-0.1, -0.05) is 6.07 Å². The van der Waals surface area contributed by atoms with Gasteiger partial charge in [-0.15, -0.1) is 0 Å². The summed E-state index contributed by atoms with van der Waals surface area (Å²) >= 11 is 0. The number of benzene rings is 2. The van der Waals surface area contributed by atoms with Crippen molar-refractivity contribution in [2.75, 3.05) is 17.7 Å². The van der Waals surface area contributed by atoms with E-state index in [2.05, 4.69) is 0 Å². The Bertz CT molecular complexity index is 617. The first-order valence-corrected chi connectivity index (χ1v) is 5.41. The highest BCUT2D eigenvalue weighted by atomic mass is 19.1. The van der Waals surface area contributed by atoms with E-state index in [1.54, 1.807) is 42.3 Å². The Morgan fingerprint density at radius 1 is 1.17 bits per heavy atom. The van der Waals surface area contributed by atoms with Crippen LogP contribution in [0.3, 0.4) is 0 Å². The van der Waals surface area contributed by atoms with E-state index in [9.17, 15) is 4.39 Å². The van der Waals surface area contributed by atoms with Gasteiger partial charge in [-0.05, 0) is 36.4 Å². The van der Waals surface area contributed by atoms with Crippen LogP contribution in [0.1, 0.15) is 5.56 Å². The molecule has 0 aliphatic carbocycles. The van der Waals surface area contributed by atoms with E-state index in [1.807, 2.05) is 6.07 Å². The maximum absolute atomic E-state index is 13.2. The van der Waals surface area contributed by atoms with Crippen molar-refractivity contribution < 1.29 is 4.39 Å². The van der Waals surface area contributed by atoms with Crippen LogP contribution in [0.25, 0.3) is 0 Å². The first-order chi connectivity index (χ1) is 8.61. The van der Waals surface area contributed by atoms with Gasteiger partial charge in [0.05, 0.1) is 5.56 Å². The summed E-state index contributed by atoms with van der Waals surface area (Å²) in [5.74, 6) is -0.296. The topological polar surface area (TPSA) is 53.0 Å². The maximum Gasteiger partial charge on any atom is 0.125 e. The third kappa shape index (κ3) is 2.25. The van der Waals surface area contributed by atoms with Gasteiger partial charge >= 0.3 is 0 Å². The van der Waals surface area contributed by atoms with E-state index < -0.39 is 0 Å². The molecule has 0 aliphatic heterocycles. The van der Waals surface area contributed by atoms with E-state index in [1.165, 1.54) is 12.1 Å². The first-order valence-electron chi connectivity index (χ1n) is 5.41.